The highest BCUT2D eigenvalue weighted by Gasteiger charge is 2.51. The number of benzene rings is 2. The summed E-state index contributed by atoms with van der Waals surface area (Å²) in [6, 6.07) is 12.4. The number of amidine groups is 1. The number of amides is 1. The molecule has 1 aliphatic heterocycles. The Bertz CT molecular complexity index is 958. The van der Waals surface area contributed by atoms with Gasteiger partial charge in [-0.3, -0.25) is 4.79 Å². The molecule has 0 spiro atoms. The van der Waals surface area contributed by atoms with Gasteiger partial charge >= 0.3 is 0 Å². The Kier molecular flexibility index (Phi) is 3.77. The van der Waals surface area contributed by atoms with Crippen LogP contribution in [0.25, 0.3) is 10.8 Å². The van der Waals surface area contributed by atoms with Crippen LogP contribution in [0.15, 0.2) is 41.4 Å². The van der Waals surface area contributed by atoms with Crippen LogP contribution in [0.4, 0.5) is 11.4 Å². The summed E-state index contributed by atoms with van der Waals surface area (Å²) in [4.78, 5) is 17.5. The monoisotopic (exact) mass is 391 g/mol. The molecule has 4 fully saturated rings. The molecule has 5 aliphatic rings. The van der Waals surface area contributed by atoms with Crippen molar-refractivity contribution in [3.05, 3.63) is 36.4 Å². The summed E-state index contributed by atoms with van der Waals surface area (Å²) in [6.07, 6.45) is 7.79. The number of hydrogen-bond donors (Lipinski definition) is 2. The molecule has 0 saturated heterocycles. The molecular formula is C23H25N3OS. The Morgan fingerprint density at radius 1 is 1.07 bits per heavy atom. The van der Waals surface area contributed by atoms with E-state index < -0.39 is 0 Å². The second-order valence-electron chi connectivity index (χ2n) is 9.26. The fourth-order valence-corrected chi connectivity index (χ4v) is 7.25. The lowest BCUT2D eigenvalue weighted by Gasteiger charge is -2.56. The van der Waals surface area contributed by atoms with Gasteiger partial charge in [-0.15, -0.1) is 0 Å². The van der Waals surface area contributed by atoms with Crippen molar-refractivity contribution in [2.45, 2.75) is 44.1 Å². The molecule has 2 aromatic carbocycles. The van der Waals surface area contributed by atoms with Crippen LogP contribution in [0.1, 0.15) is 38.5 Å². The number of rotatable bonds is 3. The minimum atomic E-state index is 0.0897. The number of nitrogens with zero attached hydrogens (tertiary/aromatic N) is 1. The molecule has 0 atom stereocenters. The van der Waals surface area contributed by atoms with E-state index >= 15 is 0 Å². The smallest absolute Gasteiger partial charge is 0.230 e. The molecule has 4 nitrogen and oxygen atoms in total. The molecule has 2 N–H and O–H groups in total. The van der Waals surface area contributed by atoms with Crippen LogP contribution in [0.2, 0.25) is 0 Å². The largest absolute Gasteiger partial charge is 0.350 e. The highest BCUT2D eigenvalue weighted by Crippen LogP contribution is 2.55. The van der Waals surface area contributed by atoms with Gasteiger partial charge in [-0.05, 0) is 73.8 Å². The maximum Gasteiger partial charge on any atom is 0.230 e. The van der Waals surface area contributed by atoms with E-state index in [-0.39, 0.29) is 11.4 Å². The summed E-state index contributed by atoms with van der Waals surface area (Å²) in [7, 11) is 0. The van der Waals surface area contributed by atoms with Crippen LogP contribution in [0.3, 0.4) is 0 Å². The van der Waals surface area contributed by atoms with E-state index in [4.69, 9.17) is 4.99 Å². The molecule has 4 aliphatic carbocycles. The molecule has 0 aromatic heterocycles. The van der Waals surface area contributed by atoms with Gasteiger partial charge in [0.25, 0.3) is 0 Å². The number of carbonyl (C=O) groups is 1. The van der Waals surface area contributed by atoms with Crippen LogP contribution in [0, 0.1) is 17.8 Å². The summed E-state index contributed by atoms with van der Waals surface area (Å²) < 4.78 is 0. The van der Waals surface area contributed by atoms with Crippen molar-refractivity contribution in [3.63, 3.8) is 0 Å². The highest BCUT2D eigenvalue weighted by atomic mass is 32.2. The van der Waals surface area contributed by atoms with Crippen molar-refractivity contribution >= 4 is 45.0 Å². The van der Waals surface area contributed by atoms with Crippen molar-refractivity contribution in [2.24, 2.45) is 22.7 Å². The zero-order chi connectivity index (χ0) is 18.7. The standard InChI is InChI=1S/C23H25N3OS/c27-20(26-23-10-14-7-15(11-23)9-16(8-14)12-23)13-28-22-24-18-5-1-3-17-4-2-6-19(25-22)21(17)18/h1-6,14-16H,7-13H2,(H,24,25)(H,26,27). The number of thioether (sulfide) groups is 1. The van der Waals surface area contributed by atoms with Gasteiger partial charge < -0.3 is 10.6 Å². The summed E-state index contributed by atoms with van der Waals surface area (Å²) in [5.41, 5.74) is 2.15. The Balaban J connectivity index is 1.14. The lowest BCUT2D eigenvalue weighted by atomic mass is 9.53. The number of hydrogen-bond acceptors (Lipinski definition) is 4. The molecule has 5 heteroatoms. The van der Waals surface area contributed by atoms with Crippen LogP contribution in [0.5, 0.6) is 0 Å². The quantitative estimate of drug-likeness (QED) is 0.768. The summed E-state index contributed by atoms with van der Waals surface area (Å²) in [6.45, 7) is 0. The average Bonchev–Trinajstić information content (AvgIpc) is 2.65. The van der Waals surface area contributed by atoms with Crippen molar-refractivity contribution in [3.8, 4) is 0 Å². The van der Waals surface area contributed by atoms with Crippen molar-refractivity contribution in [2.75, 3.05) is 11.1 Å². The number of carbonyl (C=O) groups excluding carboxylic acids is 1. The van der Waals surface area contributed by atoms with E-state index in [1.807, 2.05) is 12.1 Å². The summed E-state index contributed by atoms with van der Waals surface area (Å²) in [5, 5.41) is 10.0. The average molecular weight is 392 g/mol. The third kappa shape index (κ3) is 2.83. The second kappa shape index (κ2) is 6.24. The number of anilines is 1. The topological polar surface area (TPSA) is 53.5 Å². The Labute approximate surface area is 169 Å². The molecule has 4 saturated carbocycles. The van der Waals surface area contributed by atoms with Crippen LogP contribution >= 0.6 is 11.8 Å². The number of aliphatic imine (C=N–C) groups is 1. The minimum Gasteiger partial charge on any atom is -0.350 e. The van der Waals surface area contributed by atoms with Crippen LogP contribution in [-0.2, 0) is 4.79 Å². The van der Waals surface area contributed by atoms with Gasteiger partial charge in [0.05, 0.1) is 17.1 Å². The fraction of sp³-hybridized carbons (Fsp3) is 0.478. The van der Waals surface area contributed by atoms with Crippen molar-refractivity contribution in [1.82, 2.24) is 5.32 Å². The molecule has 0 unspecified atom stereocenters. The van der Waals surface area contributed by atoms with Gasteiger partial charge in [-0.25, -0.2) is 4.99 Å². The minimum absolute atomic E-state index is 0.0897. The van der Waals surface area contributed by atoms with Crippen LogP contribution < -0.4 is 10.6 Å². The van der Waals surface area contributed by atoms with Gasteiger partial charge in [0.1, 0.15) is 0 Å². The normalized spacial score (nSPS) is 32.1. The first-order valence-corrected chi connectivity index (χ1v) is 11.5. The first-order valence-electron chi connectivity index (χ1n) is 10.5. The molecule has 2 aromatic rings. The fourth-order valence-electron chi connectivity index (χ4n) is 6.57. The van der Waals surface area contributed by atoms with Crippen LogP contribution in [-0.4, -0.2) is 22.4 Å². The molecule has 144 valence electrons. The van der Waals surface area contributed by atoms with Gasteiger partial charge in [0, 0.05) is 10.9 Å². The maximum absolute atomic E-state index is 12.8. The number of nitrogens with one attached hydrogen (secondary N) is 2. The Hall–Kier alpha value is -2.01. The summed E-state index contributed by atoms with van der Waals surface area (Å²) >= 11 is 1.51. The molecule has 28 heavy (non-hydrogen) atoms. The first kappa shape index (κ1) is 16.9. The third-order valence-corrected chi connectivity index (χ3v) is 8.00. The van der Waals surface area contributed by atoms with Gasteiger partial charge in [-0.1, -0.05) is 36.0 Å². The predicted octanol–water partition coefficient (Wildman–Crippen LogP) is 5.07. The van der Waals surface area contributed by atoms with E-state index in [2.05, 4.69) is 34.9 Å². The SMILES string of the molecule is O=C(CSC1=Nc2cccc3cccc(c23)N1)NC12CC3CC(CC(C3)C1)C2. The Morgan fingerprint density at radius 3 is 2.46 bits per heavy atom. The molecule has 0 radical (unpaired) electrons. The zero-order valence-electron chi connectivity index (χ0n) is 15.9. The molecule has 7 rings (SSSR count). The summed E-state index contributed by atoms with van der Waals surface area (Å²) in [5.74, 6) is 3.13. The van der Waals surface area contributed by atoms with Crippen molar-refractivity contribution < 1.29 is 4.79 Å². The molecule has 1 heterocycles. The predicted molar refractivity (Wildman–Crippen MR) is 116 cm³/mol. The highest BCUT2D eigenvalue weighted by molar-refractivity contribution is 8.14. The molecule has 4 bridgehead atoms. The van der Waals surface area contributed by atoms with E-state index in [0.717, 1.165) is 39.7 Å². The molecule has 1 amide bonds. The zero-order valence-corrected chi connectivity index (χ0v) is 16.7. The van der Waals surface area contributed by atoms with Gasteiger partial charge in [-0.2, -0.15) is 0 Å². The lowest BCUT2D eigenvalue weighted by molar-refractivity contribution is -0.124. The first-order chi connectivity index (χ1) is 13.7. The third-order valence-electron chi connectivity index (χ3n) is 7.13. The van der Waals surface area contributed by atoms with E-state index in [1.54, 1.807) is 0 Å². The van der Waals surface area contributed by atoms with E-state index in [0.29, 0.717) is 5.75 Å². The van der Waals surface area contributed by atoms with Gasteiger partial charge in [0.15, 0.2) is 5.17 Å². The second-order valence-corrected chi connectivity index (χ2v) is 10.2. The van der Waals surface area contributed by atoms with Gasteiger partial charge in [0.2, 0.25) is 5.91 Å². The Morgan fingerprint density at radius 2 is 1.75 bits per heavy atom. The molecular weight excluding hydrogens is 366 g/mol. The van der Waals surface area contributed by atoms with Crippen molar-refractivity contribution in [1.29, 1.82) is 0 Å². The maximum atomic E-state index is 12.8. The van der Waals surface area contributed by atoms with E-state index in [9.17, 15) is 4.79 Å². The van der Waals surface area contributed by atoms with E-state index in [1.165, 1.54) is 55.7 Å². The lowest BCUT2D eigenvalue weighted by Crippen LogP contribution is -2.60.